The summed E-state index contributed by atoms with van der Waals surface area (Å²) >= 11 is 4.55. The van der Waals surface area contributed by atoms with Gasteiger partial charge >= 0.3 is 67.7 Å². The summed E-state index contributed by atoms with van der Waals surface area (Å²) in [6.07, 6.45) is 15.3. The number of hydrogen-bond acceptors (Lipinski definition) is 3. The van der Waals surface area contributed by atoms with E-state index in [1.165, 1.54) is 32.1 Å². The molecule has 181 valence electrons. The molecule has 0 radical (unpaired) electrons. The Balaban J connectivity index is 0. The van der Waals surface area contributed by atoms with E-state index in [1.54, 1.807) is 0 Å². The number of phosphoric ester groups is 1. The molecule has 0 fully saturated rings. The summed E-state index contributed by atoms with van der Waals surface area (Å²) < 4.78 is 22.2. The summed E-state index contributed by atoms with van der Waals surface area (Å²) in [5, 5.41) is 0.990. The zero-order chi connectivity index (χ0) is 22.4. The van der Waals surface area contributed by atoms with Crippen molar-refractivity contribution in [2.75, 3.05) is 13.2 Å². The van der Waals surface area contributed by atoms with Gasteiger partial charge in [0.05, 0.1) is 13.2 Å². The Morgan fingerprint density at radius 3 is 1.48 bits per heavy atom. The summed E-state index contributed by atoms with van der Waals surface area (Å²) in [4.78, 5) is 9.77. The Morgan fingerprint density at radius 1 is 0.724 bits per heavy atom. The standard InChI is InChI=1S/C16H35O4P.C7H15.Ni/c1-5-9-11-15(7-3)13-19-21(17,18)20-14-16(8-4)12-10-6-2;1-3-5-7-6-4-2;/h15-16H,5-14H2,1-4H3,(H,17,18);1,3-7H2,2H3;. The summed E-state index contributed by atoms with van der Waals surface area (Å²) in [6, 6.07) is 0. The van der Waals surface area contributed by atoms with Crippen LogP contribution >= 0.6 is 7.82 Å². The number of rotatable bonds is 19. The molecule has 1 N–H and O–H groups in total. The summed E-state index contributed by atoms with van der Waals surface area (Å²) in [6.45, 7) is 11.3. The molecular formula is C23H50NiO4P. The van der Waals surface area contributed by atoms with Crippen molar-refractivity contribution in [1.29, 1.82) is 0 Å². The minimum atomic E-state index is -3.89. The van der Waals surface area contributed by atoms with Crippen molar-refractivity contribution >= 4 is 7.82 Å². The first-order valence-electron chi connectivity index (χ1n) is 12.0. The average Bonchev–Trinajstić information content (AvgIpc) is 2.72. The van der Waals surface area contributed by atoms with Crippen molar-refractivity contribution in [2.24, 2.45) is 11.8 Å². The van der Waals surface area contributed by atoms with E-state index in [-0.39, 0.29) is 0 Å². The molecule has 0 aromatic heterocycles. The van der Waals surface area contributed by atoms with Crippen molar-refractivity contribution < 1.29 is 34.0 Å². The molecule has 2 unspecified atom stereocenters. The van der Waals surface area contributed by atoms with Gasteiger partial charge in [0.1, 0.15) is 0 Å². The summed E-state index contributed by atoms with van der Waals surface area (Å²) in [5.41, 5.74) is 0. The third kappa shape index (κ3) is 23.1. The number of unbranched alkanes of at least 4 members (excludes halogenated alkanes) is 6. The van der Waals surface area contributed by atoms with Crippen molar-refractivity contribution in [3.63, 3.8) is 0 Å². The minimum absolute atomic E-state index is 0.316. The van der Waals surface area contributed by atoms with Gasteiger partial charge in [0, 0.05) is 0 Å². The van der Waals surface area contributed by atoms with Crippen molar-refractivity contribution in [2.45, 2.75) is 123 Å². The van der Waals surface area contributed by atoms with Crippen LogP contribution in [0.3, 0.4) is 0 Å². The Kier molecular flexibility index (Phi) is 25.5. The second-order valence-electron chi connectivity index (χ2n) is 7.97. The van der Waals surface area contributed by atoms with E-state index in [0.29, 0.717) is 25.0 Å². The second kappa shape index (κ2) is 23.3. The molecular weight excluding hydrogens is 430 g/mol. The Hall–Kier alpha value is 0.604. The van der Waals surface area contributed by atoms with Gasteiger partial charge in [0.15, 0.2) is 0 Å². The molecule has 0 aliphatic rings. The predicted octanol–water partition coefficient (Wildman–Crippen LogP) is 8.47. The van der Waals surface area contributed by atoms with Crippen LogP contribution < -0.4 is 0 Å². The van der Waals surface area contributed by atoms with Crippen LogP contribution in [-0.4, -0.2) is 18.1 Å². The van der Waals surface area contributed by atoms with E-state index in [9.17, 15) is 9.46 Å². The molecule has 0 spiro atoms. The molecule has 4 nitrogen and oxygen atoms in total. The van der Waals surface area contributed by atoms with Crippen LogP contribution in [0.5, 0.6) is 0 Å². The maximum absolute atomic E-state index is 11.9. The zero-order valence-corrected chi connectivity index (χ0v) is 21.8. The van der Waals surface area contributed by atoms with Gasteiger partial charge in [-0.05, 0) is 24.7 Å². The van der Waals surface area contributed by atoms with Gasteiger partial charge in [0.25, 0.3) is 0 Å². The Labute approximate surface area is 190 Å². The van der Waals surface area contributed by atoms with Crippen molar-refractivity contribution in [3.05, 3.63) is 0 Å². The van der Waals surface area contributed by atoms with Crippen LogP contribution in [0.15, 0.2) is 0 Å². The SMILES string of the molecule is CCCCC(CC)COP(=O)(O)OCC(CC)CCCC.CCCCCC[CH2][Ni]. The molecule has 0 aromatic carbocycles. The van der Waals surface area contributed by atoms with Gasteiger partial charge in [-0.25, -0.2) is 4.57 Å². The third-order valence-electron chi connectivity index (χ3n) is 5.25. The molecule has 6 heteroatoms. The number of hydrogen-bond donors (Lipinski definition) is 1. The Morgan fingerprint density at radius 2 is 1.14 bits per heavy atom. The molecule has 0 aliphatic heterocycles. The quantitative estimate of drug-likeness (QED) is 0.114. The van der Waals surface area contributed by atoms with Gasteiger partial charge in [-0.15, -0.1) is 0 Å². The van der Waals surface area contributed by atoms with E-state index in [1.807, 2.05) is 0 Å². The summed E-state index contributed by atoms with van der Waals surface area (Å²) in [5.74, 6) is 0.687. The molecule has 0 heterocycles. The Bertz CT molecular complexity index is 339. The zero-order valence-electron chi connectivity index (χ0n) is 19.9. The molecule has 0 amide bonds. The molecule has 0 saturated carbocycles. The van der Waals surface area contributed by atoms with Crippen molar-refractivity contribution in [1.82, 2.24) is 0 Å². The molecule has 0 aliphatic carbocycles. The molecule has 2 atom stereocenters. The predicted molar refractivity (Wildman–Crippen MR) is 122 cm³/mol. The monoisotopic (exact) mass is 479 g/mol. The summed E-state index contributed by atoms with van der Waals surface area (Å²) in [7, 11) is -3.89. The number of phosphoric acid groups is 1. The fraction of sp³-hybridized carbons (Fsp3) is 1.00. The van der Waals surface area contributed by atoms with E-state index in [4.69, 9.17) is 9.05 Å². The fourth-order valence-electron chi connectivity index (χ4n) is 2.92. The molecule has 0 aromatic rings. The molecule has 29 heavy (non-hydrogen) atoms. The van der Waals surface area contributed by atoms with E-state index in [0.717, 1.165) is 56.8 Å². The van der Waals surface area contributed by atoms with Gasteiger partial charge < -0.3 is 4.89 Å². The average molecular weight is 480 g/mol. The van der Waals surface area contributed by atoms with Crippen molar-refractivity contribution in [3.8, 4) is 0 Å². The molecule has 0 bridgehead atoms. The molecule has 0 rings (SSSR count). The van der Waals surface area contributed by atoms with E-state index in [2.05, 4.69) is 50.1 Å². The topological polar surface area (TPSA) is 55.8 Å². The van der Waals surface area contributed by atoms with Crippen LogP contribution in [0, 0.1) is 11.8 Å². The first-order chi connectivity index (χ1) is 13.9. The van der Waals surface area contributed by atoms with E-state index >= 15 is 0 Å². The van der Waals surface area contributed by atoms with Gasteiger partial charge in [0.2, 0.25) is 0 Å². The van der Waals surface area contributed by atoms with Crippen LogP contribution in [0.25, 0.3) is 0 Å². The first kappa shape index (κ1) is 31.8. The van der Waals surface area contributed by atoms with Gasteiger partial charge in [-0.1, -0.05) is 66.2 Å². The third-order valence-corrected chi connectivity index (χ3v) is 6.55. The van der Waals surface area contributed by atoms with Crippen LogP contribution in [0.1, 0.15) is 118 Å². The van der Waals surface area contributed by atoms with Crippen LogP contribution in [-0.2, 0) is 29.1 Å². The molecule has 0 saturated heterocycles. The fourth-order valence-corrected chi connectivity index (χ4v) is 4.04. The normalized spacial score (nSPS) is 15.3. The first-order valence-corrected chi connectivity index (χ1v) is 14.2. The van der Waals surface area contributed by atoms with Crippen LogP contribution in [0.4, 0.5) is 0 Å². The van der Waals surface area contributed by atoms with Gasteiger partial charge in [-0.3, -0.25) is 9.05 Å². The van der Waals surface area contributed by atoms with Crippen LogP contribution in [0.2, 0.25) is 5.39 Å². The van der Waals surface area contributed by atoms with E-state index < -0.39 is 7.82 Å². The maximum atomic E-state index is 11.9. The second-order valence-corrected chi connectivity index (χ2v) is 9.91. The van der Waals surface area contributed by atoms with Gasteiger partial charge in [-0.2, -0.15) is 0 Å².